The number of imide groups is 1. The summed E-state index contributed by atoms with van der Waals surface area (Å²) in [4.78, 5) is 26.0. The summed E-state index contributed by atoms with van der Waals surface area (Å²) in [7, 11) is 0. The van der Waals surface area contributed by atoms with E-state index in [1.165, 1.54) is 4.90 Å². The molecule has 0 radical (unpaired) electrons. The van der Waals surface area contributed by atoms with Crippen molar-refractivity contribution in [1.82, 2.24) is 0 Å². The zero-order chi connectivity index (χ0) is 15.7. The van der Waals surface area contributed by atoms with Crippen molar-refractivity contribution in [3.05, 3.63) is 58.6 Å². The molecule has 1 N–H and O–H groups in total. The van der Waals surface area contributed by atoms with Gasteiger partial charge in [-0.05, 0) is 48.9 Å². The molecule has 0 spiro atoms. The van der Waals surface area contributed by atoms with Gasteiger partial charge >= 0.3 is 0 Å². The number of carbonyl (C=O) groups is 2. The van der Waals surface area contributed by atoms with E-state index in [2.05, 4.69) is 21.2 Å². The van der Waals surface area contributed by atoms with E-state index in [1.807, 2.05) is 49.4 Å². The standard InChI is InChI=1S/C17H15BrN2O2/c1-11-3-2-4-14(9-11)20-16(21)10-15(17(20)22)19-13-7-5-12(18)6-8-13/h2-9,15,19H,10H2,1H3/t15-/m1/s1. The summed E-state index contributed by atoms with van der Waals surface area (Å²) >= 11 is 3.37. The topological polar surface area (TPSA) is 49.4 Å². The van der Waals surface area contributed by atoms with E-state index in [-0.39, 0.29) is 18.2 Å². The molecule has 112 valence electrons. The fourth-order valence-corrected chi connectivity index (χ4v) is 2.79. The summed E-state index contributed by atoms with van der Waals surface area (Å²) in [6.07, 6.45) is 0.169. The molecule has 1 fully saturated rings. The Morgan fingerprint density at radius 3 is 2.55 bits per heavy atom. The molecular weight excluding hydrogens is 344 g/mol. The second kappa shape index (κ2) is 5.93. The third-order valence-electron chi connectivity index (χ3n) is 3.59. The fraction of sp³-hybridized carbons (Fsp3) is 0.176. The molecule has 2 aromatic rings. The minimum absolute atomic E-state index is 0.169. The van der Waals surface area contributed by atoms with Gasteiger partial charge in [0, 0.05) is 10.2 Å². The van der Waals surface area contributed by atoms with Crippen LogP contribution in [-0.2, 0) is 9.59 Å². The molecular formula is C17H15BrN2O2. The lowest BCUT2D eigenvalue weighted by Gasteiger charge is -2.16. The maximum absolute atomic E-state index is 12.5. The molecule has 22 heavy (non-hydrogen) atoms. The van der Waals surface area contributed by atoms with Crippen LogP contribution < -0.4 is 10.2 Å². The van der Waals surface area contributed by atoms with Gasteiger partial charge in [0.05, 0.1) is 12.1 Å². The maximum Gasteiger partial charge on any atom is 0.256 e. The summed E-state index contributed by atoms with van der Waals surface area (Å²) in [5.41, 5.74) is 2.47. The summed E-state index contributed by atoms with van der Waals surface area (Å²) in [6.45, 7) is 1.94. The SMILES string of the molecule is Cc1cccc(N2C(=O)C[C@@H](Nc3ccc(Br)cc3)C2=O)c1. The number of anilines is 2. The first kappa shape index (κ1) is 14.8. The van der Waals surface area contributed by atoms with Crippen molar-refractivity contribution in [2.75, 3.05) is 10.2 Å². The summed E-state index contributed by atoms with van der Waals surface area (Å²) in [6, 6.07) is 14.4. The van der Waals surface area contributed by atoms with Crippen LogP contribution in [-0.4, -0.2) is 17.9 Å². The maximum atomic E-state index is 12.5. The molecule has 4 nitrogen and oxygen atoms in total. The lowest BCUT2D eigenvalue weighted by molar-refractivity contribution is -0.121. The molecule has 1 aliphatic rings. The third kappa shape index (κ3) is 2.90. The van der Waals surface area contributed by atoms with E-state index in [0.29, 0.717) is 5.69 Å². The minimum Gasteiger partial charge on any atom is -0.373 e. The number of amides is 2. The van der Waals surface area contributed by atoms with Crippen molar-refractivity contribution in [2.24, 2.45) is 0 Å². The molecule has 2 aromatic carbocycles. The Labute approximate surface area is 137 Å². The molecule has 1 saturated heterocycles. The molecule has 0 saturated carbocycles. The van der Waals surface area contributed by atoms with Crippen molar-refractivity contribution < 1.29 is 9.59 Å². The predicted molar refractivity (Wildman–Crippen MR) is 89.8 cm³/mol. The number of carbonyl (C=O) groups excluding carboxylic acids is 2. The van der Waals surface area contributed by atoms with E-state index in [9.17, 15) is 9.59 Å². The van der Waals surface area contributed by atoms with E-state index in [4.69, 9.17) is 0 Å². The van der Waals surface area contributed by atoms with Crippen molar-refractivity contribution in [1.29, 1.82) is 0 Å². The zero-order valence-electron chi connectivity index (χ0n) is 12.0. The normalized spacial score (nSPS) is 17.9. The van der Waals surface area contributed by atoms with Gasteiger partial charge in [-0.2, -0.15) is 0 Å². The van der Waals surface area contributed by atoms with Crippen molar-refractivity contribution in [3.63, 3.8) is 0 Å². The largest absolute Gasteiger partial charge is 0.373 e. The van der Waals surface area contributed by atoms with E-state index < -0.39 is 6.04 Å². The Hall–Kier alpha value is -2.14. The van der Waals surface area contributed by atoms with E-state index in [1.54, 1.807) is 6.07 Å². The van der Waals surface area contributed by atoms with Gasteiger partial charge in [-0.15, -0.1) is 0 Å². The van der Waals surface area contributed by atoms with Gasteiger partial charge in [0.25, 0.3) is 5.91 Å². The number of nitrogens with one attached hydrogen (secondary N) is 1. The average molecular weight is 359 g/mol. The lowest BCUT2D eigenvalue weighted by atomic mass is 10.2. The zero-order valence-corrected chi connectivity index (χ0v) is 13.6. The number of benzene rings is 2. The molecule has 1 atom stereocenters. The number of hydrogen-bond donors (Lipinski definition) is 1. The van der Waals surface area contributed by atoms with E-state index >= 15 is 0 Å². The highest BCUT2D eigenvalue weighted by Gasteiger charge is 2.39. The van der Waals surface area contributed by atoms with Gasteiger partial charge in [-0.1, -0.05) is 28.1 Å². The highest BCUT2D eigenvalue weighted by molar-refractivity contribution is 9.10. The molecule has 0 aromatic heterocycles. The minimum atomic E-state index is -0.519. The van der Waals surface area contributed by atoms with Crippen LogP contribution in [0.1, 0.15) is 12.0 Å². The molecule has 0 aliphatic carbocycles. The first-order chi connectivity index (χ1) is 10.5. The van der Waals surface area contributed by atoms with Crippen LogP contribution in [0.2, 0.25) is 0 Å². The van der Waals surface area contributed by atoms with Gasteiger partial charge in [0.1, 0.15) is 6.04 Å². The van der Waals surface area contributed by atoms with Crippen molar-refractivity contribution in [2.45, 2.75) is 19.4 Å². The van der Waals surface area contributed by atoms with Crippen LogP contribution in [0.3, 0.4) is 0 Å². The Bertz CT molecular complexity index is 728. The van der Waals surface area contributed by atoms with Crippen molar-refractivity contribution in [3.8, 4) is 0 Å². The first-order valence-electron chi connectivity index (χ1n) is 7.00. The molecule has 1 heterocycles. The quantitative estimate of drug-likeness (QED) is 0.854. The smallest absolute Gasteiger partial charge is 0.256 e. The Balaban J connectivity index is 1.81. The van der Waals surface area contributed by atoms with Crippen molar-refractivity contribution >= 4 is 39.1 Å². The van der Waals surface area contributed by atoms with Gasteiger partial charge < -0.3 is 5.32 Å². The average Bonchev–Trinajstić information content (AvgIpc) is 2.76. The Morgan fingerprint density at radius 2 is 1.86 bits per heavy atom. The van der Waals surface area contributed by atoms with Crippen LogP contribution in [0.25, 0.3) is 0 Å². The number of nitrogens with zero attached hydrogens (tertiary/aromatic N) is 1. The second-order valence-electron chi connectivity index (χ2n) is 5.31. The summed E-state index contributed by atoms with van der Waals surface area (Å²) in [5.74, 6) is -0.385. The number of halogens is 1. The predicted octanol–water partition coefficient (Wildman–Crippen LogP) is 3.50. The molecule has 2 amide bonds. The van der Waals surface area contributed by atoms with Crippen LogP contribution in [0.4, 0.5) is 11.4 Å². The highest BCUT2D eigenvalue weighted by Crippen LogP contribution is 2.26. The highest BCUT2D eigenvalue weighted by atomic mass is 79.9. The summed E-state index contributed by atoms with van der Waals surface area (Å²) in [5, 5.41) is 3.13. The van der Waals surface area contributed by atoms with Crippen LogP contribution in [0, 0.1) is 6.92 Å². The van der Waals surface area contributed by atoms with Crippen LogP contribution >= 0.6 is 15.9 Å². The third-order valence-corrected chi connectivity index (χ3v) is 4.12. The van der Waals surface area contributed by atoms with Gasteiger partial charge in [0.15, 0.2) is 0 Å². The van der Waals surface area contributed by atoms with Crippen LogP contribution in [0.5, 0.6) is 0 Å². The van der Waals surface area contributed by atoms with Gasteiger partial charge in [0.2, 0.25) is 5.91 Å². The molecule has 1 aliphatic heterocycles. The van der Waals surface area contributed by atoms with E-state index in [0.717, 1.165) is 15.7 Å². The molecule has 5 heteroatoms. The fourth-order valence-electron chi connectivity index (χ4n) is 2.53. The Kier molecular flexibility index (Phi) is 3.98. The summed E-state index contributed by atoms with van der Waals surface area (Å²) < 4.78 is 0.966. The van der Waals surface area contributed by atoms with Gasteiger partial charge in [-0.3, -0.25) is 9.59 Å². The molecule has 0 bridgehead atoms. The second-order valence-corrected chi connectivity index (χ2v) is 6.23. The molecule has 0 unspecified atom stereocenters. The monoisotopic (exact) mass is 358 g/mol. The number of rotatable bonds is 3. The first-order valence-corrected chi connectivity index (χ1v) is 7.79. The number of aryl methyl sites for hydroxylation is 1. The molecule has 3 rings (SSSR count). The van der Waals surface area contributed by atoms with Crippen LogP contribution in [0.15, 0.2) is 53.0 Å². The number of hydrogen-bond acceptors (Lipinski definition) is 3. The van der Waals surface area contributed by atoms with Gasteiger partial charge in [-0.25, -0.2) is 4.90 Å². The Morgan fingerprint density at radius 1 is 1.14 bits per heavy atom. The lowest BCUT2D eigenvalue weighted by Crippen LogP contribution is -2.34.